The van der Waals surface area contributed by atoms with E-state index in [9.17, 15) is 115 Å². The molecule has 0 aromatic rings. The zero-order valence-corrected chi connectivity index (χ0v) is 84.6. The van der Waals surface area contributed by atoms with Gasteiger partial charge in [-0.15, -0.1) is 0 Å². The summed E-state index contributed by atoms with van der Waals surface area (Å²) in [6.45, 7) is -4.75. The van der Waals surface area contributed by atoms with Gasteiger partial charge in [0.2, 0.25) is 0 Å². The van der Waals surface area contributed by atoms with Gasteiger partial charge in [0.15, 0.2) is 0 Å². The summed E-state index contributed by atoms with van der Waals surface area (Å²) in [6.07, 6.45) is -8.70. The van der Waals surface area contributed by atoms with Gasteiger partial charge in [-0.25, -0.2) is 0 Å². The summed E-state index contributed by atoms with van der Waals surface area (Å²) >= 11 is 0. The van der Waals surface area contributed by atoms with Crippen molar-refractivity contribution in [2.45, 2.75) is 0 Å². The van der Waals surface area contributed by atoms with E-state index in [-0.39, 0.29) is 473 Å². The van der Waals surface area contributed by atoms with E-state index in [2.05, 4.69) is 0 Å². The molecule has 0 saturated carbocycles. The fourth-order valence-electron chi connectivity index (χ4n) is 4.88. The Morgan fingerprint density at radius 1 is 0.167 bits per heavy atom. The van der Waals surface area contributed by atoms with Crippen molar-refractivity contribution in [2.75, 3.05) is 116 Å². The summed E-state index contributed by atoms with van der Waals surface area (Å²) in [5.74, 6) is 0. The van der Waals surface area contributed by atoms with Crippen molar-refractivity contribution >= 4 is 534 Å². The molecule has 0 aromatic heterocycles. The van der Waals surface area contributed by atoms with Gasteiger partial charge in [0, 0.05) is 538 Å². The normalized spacial score (nSPS) is 11.5. The Morgan fingerprint density at radius 2 is 0.236 bits per heavy atom. The average Bonchev–Trinajstić information content (AvgIpc) is 2.87. The number of rotatable bonds is 31. The maximum absolute atomic E-state index is 12.0. The monoisotopic (exact) mass is 1350 g/mol. The third-order valence-corrected chi connectivity index (χ3v) is 12.9. The molecule has 0 aliphatic heterocycles. The van der Waals surface area contributed by atoms with Crippen LogP contribution in [-0.4, -0.2) is 696 Å². The van der Waals surface area contributed by atoms with E-state index < -0.39 is 177 Å². The molecule has 0 amide bonds. The molecule has 0 rings (SSSR count). The summed E-state index contributed by atoms with van der Waals surface area (Å²) in [6, 6.07) is 0. The predicted molar refractivity (Wildman–Crippen MR) is 287 cm³/mol. The van der Waals surface area contributed by atoms with Crippen LogP contribution in [0.4, 0.5) is 0 Å². The minimum absolute atomic E-state index is 0. The molecule has 0 atom stereocenters. The SMILES string of the molecule is O=P(O)(O)CN(CCN(CCN(CCN(CP(=O)(O)O)CP(=O)(O)O)CP(=O)(O)O)CP(=O)(O)O)CCN(CCN(CP(=O)(O)O)CP(=O)(O)O)CP(=O)(O)O.[Na].[Na].[Na].[Na].[Na].[Na].[Na].[Na].[Na].[Na].[Na].[Na].[Na].[Na].[Na].[Na]. The van der Waals surface area contributed by atoms with Gasteiger partial charge in [0.1, 0.15) is 50.3 Å². The van der Waals surface area contributed by atoms with Crippen LogP contribution in [-0.2, 0) is 36.5 Å². The molecule has 0 aliphatic carbocycles. The van der Waals surface area contributed by atoms with E-state index in [1.54, 1.807) is 0 Å². The molecule has 0 aromatic carbocycles. The van der Waals surface area contributed by atoms with Crippen LogP contribution < -0.4 is 0 Å². The molecule has 0 saturated heterocycles. The second-order valence-electron chi connectivity index (χ2n) is 12.7. The minimum Gasteiger partial charge on any atom is -0.324 e. The van der Waals surface area contributed by atoms with Crippen molar-refractivity contribution in [3.8, 4) is 0 Å². The van der Waals surface area contributed by atoms with Crippen molar-refractivity contribution in [2.24, 2.45) is 0 Å². The van der Waals surface area contributed by atoms with E-state index in [1.165, 1.54) is 0 Å². The molecule has 54 heteroatoms. The average molecular weight is 1350 g/mol. The first-order valence-electron chi connectivity index (χ1n) is 15.4. The van der Waals surface area contributed by atoms with Crippen molar-refractivity contribution in [3.05, 3.63) is 0 Å². The summed E-state index contributed by atoms with van der Waals surface area (Å²) in [5.41, 5.74) is 0. The fourth-order valence-corrected chi connectivity index (χ4v) is 11.5. The predicted octanol–water partition coefficient (Wildman–Crippen LogP) is -10.2. The molecule has 16 radical (unpaired) electrons. The molecule has 0 spiro atoms. The molecule has 30 nitrogen and oxygen atoms in total. The quantitative estimate of drug-likeness (QED) is 0.0226. The Morgan fingerprint density at radius 3 is 0.319 bits per heavy atom. The van der Waals surface area contributed by atoms with Gasteiger partial charge in [-0.05, 0) is 0 Å². The van der Waals surface area contributed by atoms with Crippen molar-refractivity contribution < 1.29 is 115 Å². The van der Waals surface area contributed by atoms with Gasteiger partial charge in [0.25, 0.3) is 0 Å². The second kappa shape index (κ2) is 65.3. The first-order valence-corrected chi connectivity index (χ1v) is 29.8. The maximum atomic E-state index is 12.0. The molecule has 72 heavy (non-hydrogen) atoms. The van der Waals surface area contributed by atoms with Crippen LogP contribution in [0.2, 0.25) is 0 Å². The van der Waals surface area contributed by atoms with Gasteiger partial charge >= 0.3 is 60.8 Å². The molecule has 0 heterocycles. The second-order valence-corrected chi connectivity index (χ2v) is 25.6. The van der Waals surface area contributed by atoms with Crippen molar-refractivity contribution in [1.29, 1.82) is 0 Å². The van der Waals surface area contributed by atoms with Crippen LogP contribution in [0.25, 0.3) is 0 Å². The summed E-state index contributed by atoms with van der Waals surface area (Å²) in [5, 5.41) is 0. The van der Waals surface area contributed by atoms with Crippen LogP contribution in [0.1, 0.15) is 0 Å². The minimum atomic E-state index is -4.92. The van der Waals surface area contributed by atoms with Gasteiger partial charge < -0.3 is 78.3 Å². The molecule has 16 N–H and O–H groups in total. The molecule has 0 aliphatic rings. The van der Waals surface area contributed by atoms with Crippen LogP contribution in [0.3, 0.4) is 0 Å². The number of hydrogen-bond acceptors (Lipinski definition) is 14. The molecular formula is C18H52N6Na16O24P8. The van der Waals surface area contributed by atoms with Crippen LogP contribution in [0, 0.1) is 0 Å². The van der Waals surface area contributed by atoms with Gasteiger partial charge in [-0.1, -0.05) is 0 Å². The van der Waals surface area contributed by atoms with E-state index in [0.717, 1.165) is 19.6 Å². The zero-order chi connectivity index (χ0) is 44.2. The summed E-state index contributed by atoms with van der Waals surface area (Å²) in [7, 11) is -39.2. The molecular weight excluding hydrogens is 1300 g/mol. The zero-order valence-electron chi connectivity index (χ0n) is 45.4. The summed E-state index contributed by atoms with van der Waals surface area (Å²) in [4.78, 5) is 157. The molecule has 354 valence electrons. The maximum Gasteiger partial charge on any atom is 0.339 e. The van der Waals surface area contributed by atoms with E-state index >= 15 is 0 Å². The Labute approximate surface area is 775 Å². The van der Waals surface area contributed by atoms with Crippen LogP contribution in [0.15, 0.2) is 0 Å². The first-order chi connectivity index (χ1) is 24.7. The largest absolute Gasteiger partial charge is 0.339 e. The van der Waals surface area contributed by atoms with Gasteiger partial charge in [0.05, 0.1) is 0 Å². The smallest absolute Gasteiger partial charge is 0.324 e. The Balaban J connectivity index is -0.000000126. The fraction of sp³-hybridized carbons (Fsp3) is 1.00. The topological polar surface area (TPSA) is 480 Å². The van der Waals surface area contributed by atoms with Crippen LogP contribution >= 0.6 is 60.8 Å². The molecule has 0 fully saturated rings. The van der Waals surface area contributed by atoms with Gasteiger partial charge in [-0.3, -0.25) is 65.9 Å². The Hall–Kier alpha value is 17.0. The van der Waals surface area contributed by atoms with E-state index in [1.807, 2.05) is 0 Å². The Bertz CT molecular complexity index is 1490. The first kappa shape index (κ1) is 133. The third-order valence-electron chi connectivity index (χ3n) is 6.74. The van der Waals surface area contributed by atoms with Crippen molar-refractivity contribution in [3.63, 3.8) is 0 Å². The molecule has 0 unspecified atom stereocenters. The van der Waals surface area contributed by atoms with E-state index in [0.29, 0.717) is 9.80 Å². The summed E-state index contributed by atoms with van der Waals surface area (Å²) < 4.78 is 93.6. The van der Waals surface area contributed by atoms with Crippen molar-refractivity contribution in [1.82, 2.24) is 29.4 Å². The van der Waals surface area contributed by atoms with E-state index in [4.69, 9.17) is 0 Å². The van der Waals surface area contributed by atoms with Crippen LogP contribution in [0.5, 0.6) is 0 Å². The Kier molecular flexibility index (Phi) is 120. The molecule has 0 bridgehead atoms. The number of hydrogen-bond donors (Lipinski definition) is 16. The third kappa shape index (κ3) is 95.7. The standard InChI is InChI=1S/C18H52N6O24P8.16Na/c25-49(26,27)11-19(3-5-21(13-51(31,32)33)7-9-23(15-53(37,38)39)16-54(40,41)42)1-2-20(12-50(28,29)30)4-6-22(14-52(34,35)36)8-10-24(17-55(43,44)45)18-56(46,47)48;;;;;;;;;;;;;;;;/h1-18H2,(H2,25,26,27)(H2,28,29,30)(H2,31,32,33)(H2,34,35,36)(H2,37,38,39)(H2,40,41,42)(H2,43,44,45)(H2,46,47,48);;;;;;;;;;;;;;;;. The van der Waals surface area contributed by atoms with Gasteiger partial charge in [-0.2, -0.15) is 0 Å². The number of nitrogens with zero attached hydrogens (tertiary/aromatic N) is 6.